The Bertz CT molecular complexity index is 1110. The Labute approximate surface area is 220 Å². The molecule has 0 aliphatic carbocycles. The van der Waals surface area contributed by atoms with Crippen LogP contribution in [0, 0.1) is 0 Å². The topological polar surface area (TPSA) is 58.6 Å². The van der Waals surface area contributed by atoms with Gasteiger partial charge in [0, 0.05) is 28.5 Å². The molecule has 3 aromatic carbocycles. The standard InChI is InChI=1S/C28H30BrClN2O3/c1-3-20(2)31-28(34)26(16-21-8-5-4-6-9-21)32(18-22-12-14-23(29)15-13-22)27(33)19-35-25-11-7-10-24(30)17-25/h4-15,17,20,26H,3,16,18-19H2,1-2H3,(H,31,34)/t20-,26+/m0/s1. The van der Waals surface area contributed by atoms with Gasteiger partial charge in [0.2, 0.25) is 5.91 Å². The van der Waals surface area contributed by atoms with Crippen LogP contribution in [-0.2, 0) is 22.6 Å². The van der Waals surface area contributed by atoms with Gasteiger partial charge < -0.3 is 15.0 Å². The van der Waals surface area contributed by atoms with Crippen LogP contribution in [0.15, 0.2) is 83.3 Å². The smallest absolute Gasteiger partial charge is 0.261 e. The molecule has 2 amide bonds. The van der Waals surface area contributed by atoms with Gasteiger partial charge in [-0.2, -0.15) is 0 Å². The van der Waals surface area contributed by atoms with Crippen LogP contribution < -0.4 is 10.1 Å². The van der Waals surface area contributed by atoms with Gasteiger partial charge in [0.15, 0.2) is 6.61 Å². The molecule has 0 aliphatic heterocycles. The highest BCUT2D eigenvalue weighted by atomic mass is 79.9. The molecule has 184 valence electrons. The van der Waals surface area contributed by atoms with Crippen LogP contribution >= 0.6 is 27.5 Å². The van der Waals surface area contributed by atoms with Gasteiger partial charge in [-0.25, -0.2) is 0 Å². The highest BCUT2D eigenvalue weighted by molar-refractivity contribution is 9.10. The van der Waals surface area contributed by atoms with Gasteiger partial charge >= 0.3 is 0 Å². The molecule has 0 saturated carbocycles. The van der Waals surface area contributed by atoms with E-state index in [9.17, 15) is 9.59 Å². The number of carbonyl (C=O) groups excluding carboxylic acids is 2. The molecule has 0 aromatic heterocycles. The second-order valence-electron chi connectivity index (χ2n) is 8.42. The molecule has 1 N–H and O–H groups in total. The molecule has 5 nitrogen and oxygen atoms in total. The number of carbonyl (C=O) groups is 2. The summed E-state index contributed by atoms with van der Waals surface area (Å²) in [5, 5.41) is 3.59. The Hall–Kier alpha value is -2.83. The monoisotopic (exact) mass is 556 g/mol. The molecule has 0 radical (unpaired) electrons. The van der Waals surface area contributed by atoms with E-state index in [2.05, 4.69) is 21.2 Å². The van der Waals surface area contributed by atoms with E-state index in [4.69, 9.17) is 16.3 Å². The minimum absolute atomic E-state index is 0.00637. The fraction of sp³-hybridized carbons (Fsp3) is 0.286. The van der Waals surface area contributed by atoms with Crippen molar-refractivity contribution in [2.75, 3.05) is 6.61 Å². The molecule has 35 heavy (non-hydrogen) atoms. The summed E-state index contributed by atoms with van der Waals surface area (Å²) < 4.78 is 6.70. The van der Waals surface area contributed by atoms with Crippen molar-refractivity contribution in [3.8, 4) is 5.75 Å². The van der Waals surface area contributed by atoms with Crippen molar-refractivity contribution < 1.29 is 14.3 Å². The lowest BCUT2D eigenvalue weighted by Crippen LogP contribution is -2.53. The predicted molar refractivity (Wildman–Crippen MR) is 143 cm³/mol. The van der Waals surface area contributed by atoms with Crippen molar-refractivity contribution in [1.82, 2.24) is 10.2 Å². The summed E-state index contributed by atoms with van der Waals surface area (Å²) in [5.74, 6) is 0.0302. The van der Waals surface area contributed by atoms with Crippen molar-refractivity contribution >= 4 is 39.3 Å². The number of ether oxygens (including phenoxy) is 1. The third-order valence-electron chi connectivity index (χ3n) is 5.70. The van der Waals surface area contributed by atoms with Crippen LogP contribution in [0.1, 0.15) is 31.4 Å². The second kappa shape index (κ2) is 13.3. The van der Waals surface area contributed by atoms with Crippen molar-refractivity contribution in [1.29, 1.82) is 0 Å². The van der Waals surface area contributed by atoms with Crippen LogP contribution in [0.2, 0.25) is 5.02 Å². The highest BCUT2D eigenvalue weighted by Gasteiger charge is 2.31. The van der Waals surface area contributed by atoms with Gasteiger partial charge in [0.1, 0.15) is 11.8 Å². The summed E-state index contributed by atoms with van der Waals surface area (Å²) in [7, 11) is 0. The maximum atomic E-state index is 13.5. The fourth-order valence-corrected chi connectivity index (χ4v) is 4.01. The number of hydrogen-bond donors (Lipinski definition) is 1. The summed E-state index contributed by atoms with van der Waals surface area (Å²) in [6.45, 7) is 4.04. The minimum Gasteiger partial charge on any atom is -0.484 e. The summed E-state index contributed by atoms with van der Waals surface area (Å²) in [4.78, 5) is 28.6. The molecular weight excluding hydrogens is 528 g/mol. The van der Waals surface area contributed by atoms with Gasteiger partial charge in [0.25, 0.3) is 5.91 Å². The molecule has 0 saturated heterocycles. The lowest BCUT2D eigenvalue weighted by Gasteiger charge is -2.32. The number of hydrogen-bond acceptors (Lipinski definition) is 3. The number of benzene rings is 3. The molecule has 0 bridgehead atoms. The van der Waals surface area contributed by atoms with Crippen molar-refractivity contribution in [2.45, 2.75) is 45.3 Å². The van der Waals surface area contributed by atoms with Gasteiger partial charge in [0.05, 0.1) is 0 Å². The molecular formula is C28H30BrClN2O3. The van der Waals surface area contributed by atoms with Crippen LogP contribution in [-0.4, -0.2) is 35.4 Å². The first-order valence-corrected chi connectivity index (χ1v) is 12.8. The lowest BCUT2D eigenvalue weighted by molar-refractivity contribution is -0.143. The summed E-state index contributed by atoms with van der Waals surface area (Å²) in [5.41, 5.74) is 1.89. The summed E-state index contributed by atoms with van der Waals surface area (Å²) in [6, 6.07) is 23.7. The van der Waals surface area contributed by atoms with Crippen LogP contribution in [0.3, 0.4) is 0 Å². The largest absolute Gasteiger partial charge is 0.484 e. The Morgan fingerprint density at radius 2 is 1.71 bits per heavy atom. The van der Waals surface area contributed by atoms with E-state index in [1.807, 2.05) is 68.4 Å². The fourth-order valence-electron chi connectivity index (χ4n) is 3.57. The van der Waals surface area contributed by atoms with Crippen LogP contribution in [0.5, 0.6) is 5.75 Å². The van der Waals surface area contributed by atoms with Crippen LogP contribution in [0.25, 0.3) is 0 Å². The van der Waals surface area contributed by atoms with E-state index in [1.165, 1.54) is 0 Å². The van der Waals surface area contributed by atoms with E-state index < -0.39 is 6.04 Å². The third-order valence-corrected chi connectivity index (χ3v) is 6.46. The van der Waals surface area contributed by atoms with Crippen molar-refractivity contribution in [3.05, 3.63) is 99.5 Å². The molecule has 2 atom stereocenters. The third kappa shape index (κ3) is 8.41. The summed E-state index contributed by atoms with van der Waals surface area (Å²) in [6.07, 6.45) is 1.19. The Morgan fingerprint density at radius 3 is 2.37 bits per heavy atom. The zero-order valence-corrected chi connectivity index (χ0v) is 22.3. The molecule has 0 unspecified atom stereocenters. The minimum atomic E-state index is -0.703. The molecule has 0 fully saturated rings. The van der Waals surface area contributed by atoms with Gasteiger partial charge in [-0.15, -0.1) is 0 Å². The molecule has 0 aliphatic rings. The molecule has 7 heteroatoms. The Balaban J connectivity index is 1.90. The number of nitrogens with one attached hydrogen (secondary N) is 1. The molecule has 0 spiro atoms. The number of halogens is 2. The first-order chi connectivity index (χ1) is 16.9. The average Bonchev–Trinajstić information content (AvgIpc) is 2.86. The maximum Gasteiger partial charge on any atom is 0.261 e. The zero-order chi connectivity index (χ0) is 25.2. The number of nitrogens with zero attached hydrogens (tertiary/aromatic N) is 1. The van der Waals surface area contributed by atoms with Gasteiger partial charge in [-0.3, -0.25) is 9.59 Å². The summed E-state index contributed by atoms with van der Waals surface area (Å²) >= 11 is 9.51. The maximum absolute atomic E-state index is 13.5. The molecule has 3 rings (SSSR count). The Kier molecular flexibility index (Phi) is 10.2. The first kappa shape index (κ1) is 26.8. The average molecular weight is 558 g/mol. The van der Waals surface area contributed by atoms with E-state index in [0.717, 1.165) is 22.0 Å². The van der Waals surface area contributed by atoms with E-state index in [1.54, 1.807) is 29.2 Å². The van der Waals surface area contributed by atoms with E-state index in [0.29, 0.717) is 17.2 Å². The second-order valence-corrected chi connectivity index (χ2v) is 9.77. The predicted octanol–water partition coefficient (Wildman–Crippen LogP) is 6.04. The Morgan fingerprint density at radius 1 is 1.00 bits per heavy atom. The van der Waals surface area contributed by atoms with Crippen molar-refractivity contribution in [3.63, 3.8) is 0 Å². The first-order valence-electron chi connectivity index (χ1n) is 11.6. The number of amides is 2. The van der Waals surface area contributed by atoms with E-state index >= 15 is 0 Å². The SMILES string of the molecule is CC[C@H](C)NC(=O)[C@@H](Cc1ccccc1)N(Cc1ccc(Br)cc1)C(=O)COc1cccc(Cl)c1. The van der Waals surface area contributed by atoms with Crippen molar-refractivity contribution in [2.24, 2.45) is 0 Å². The van der Waals surface area contributed by atoms with E-state index in [-0.39, 0.29) is 31.0 Å². The van der Waals surface area contributed by atoms with Gasteiger partial charge in [-0.1, -0.05) is 83.0 Å². The highest BCUT2D eigenvalue weighted by Crippen LogP contribution is 2.20. The van der Waals surface area contributed by atoms with Gasteiger partial charge in [-0.05, 0) is 54.8 Å². The van der Waals surface area contributed by atoms with Crippen LogP contribution in [0.4, 0.5) is 0 Å². The molecule has 0 heterocycles. The number of rotatable bonds is 11. The normalized spacial score (nSPS) is 12.5. The lowest BCUT2D eigenvalue weighted by atomic mass is 10.0. The quantitative estimate of drug-likeness (QED) is 0.313. The zero-order valence-electron chi connectivity index (χ0n) is 19.9. The molecule has 3 aromatic rings.